The third kappa shape index (κ3) is 6.07. The van der Waals surface area contributed by atoms with E-state index >= 15 is 0 Å². The van der Waals surface area contributed by atoms with Crippen LogP contribution in [0.5, 0.6) is 23.0 Å². The number of hydrogen-bond acceptors (Lipinski definition) is 11. The Morgan fingerprint density at radius 1 is 0.951 bits per heavy atom. The summed E-state index contributed by atoms with van der Waals surface area (Å²) in [5.74, 6) is -0.612. The minimum Gasteiger partial charge on any atom is -0.493 e. The average Bonchev–Trinajstić information content (AvgIpc) is 3.22. The highest BCUT2D eigenvalue weighted by molar-refractivity contribution is 7.07. The van der Waals surface area contributed by atoms with Crippen LogP contribution in [0.1, 0.15) is 44.9 Å². The van der Waals surface area contributed by atoms with Gasteiger partial charge in [-0.05, 0) is 55.3 Å². The van der Waals surface area contributed by atoms with Crippen LogP contribution >= 0.6 is 11.3 Å². The normalized spacial score (nSPS) is 14.6. The van der Waals surface area contributed by atoms with E-state index in [2.05, 4.69) is 4.99 Å². The van der Waals surface area contributed by atoms with Gasteiger partial charge in [0, 0.05) is 13.8 Å². The Morgan fingerprint density at radius 3 is 2.15 bits per heavy atom. The van der Waals surface area contributed by atoms with Crippen LogP contribution in [0, 0.1) is 0 Å². The number of carbonyl (C=O) groups is 3. The molecule has 0 spiro atoms. The van der Waals surface area contributed by atoms with Crippen molar-refractivity contribution in [2.45, 2.75) is 33.7 Å². The highest BCUT2D eigenvalue weighted by Crippen LogP contribution is 2.36. The van der Waals surface area contributed by atoms with Crippen molar-refractivity contribution >= 4 is 35.3 Å². The van der Waals surface area contributed by atoms with Crippen molar-refractivity contribution in [3.05, 3.63) is 78.5 Å². The Kier molecular flexibility index (Phi) is 8.72. The predicted molar refractivity (Wildman–Crippen MR) is 149 cm³/mol. The molecule has 2 aromatic carbocycles. The van der Waals surface area contributed by atoms with E-state index in [0.29, 0.717) is 31.9 Å². The van der Waals surface area contributed by atoms with E-state index in [1.54, 1.807) is 56.3 Å². The smallest absolute Gasteiger partial charge is 0.338 e. The molecule has 11 nitrogen and oxygen atoms in total. The number of esters is 3. The molecule has 0 unspecified atom stereocenters. The highest BCUT2D eigenvalue weighted by Gasteiger charge is 2.34. The molecule has 3 aromatic rings. The Bertz CT molecular complexity index is 1750. The summed E-state index contributed by atoms with van der Waals surface area (Å²) in [4.78, 5) is 54.9. The van der Waals surface area contributed by atoms with Crippen molar-refractivity contribution in [1.82, 2.24) is 4.57 Å². The molecule has 12 heteroatoms. The summed E-state index contributed by atoms with van der Waals surface area (Å²) in [5, 5.41) is 0. The van der Waals surface area contributed by atoms with Gasteiger partial charge < -0.3 is 23.7 Å². The lowest BCUT2D eigenvalue weighted by Crippen LogP contribution is -2.40. The molecule has 1 aliphatic rings. The molecule has 0 N–H and O–H groups in total. The van der Waals surface area contributed by atoms with Crippen molar-refractivity contribution in [3.8, 4) is 23.0 Å². The van der Waals surface area contributed by atoms with Crippen LogP contribution in [0.4, 0.5) is 0 Å². The molecule has 4 rings (SSSR count). The zero-order valence-electron chi connectivity index (χ0n) is 23.3. The molecule has 1 aromatic heterocycles. The molecule has 0 radical (unpaired) electrons. The zero-order chi connectivity index (χ0) is 29.8. The molecule has 1 aliphatic heterocycles. The number of hydrogen-bond donors (Lipinski definition) is 0. The number of fused-ring (bicyclic) bond motifs is 1. The number of nitrogens with zero attached hydrogens (tertiary/aromatic N) is 2. The first kappa shape index (κ1) is 29.3. The van der Waals surface area contributed by atoms with Crippen molar-refractivity contribution in [1.29, 1.82) is 0 Å². The standard InChI is InChI=1S/C29H28N2O9S/c1-7-38-28(35)25-15(2)30-29-31(26(25)19-9-11-21(40-17(4)33)23(14-19)37-6)27(34)24(41-29)13-18-8-10-20(39-16(3)32)22(12-18)36-5/h8-14,26H,7H2,1-6H3/b24-13-/t26-/m0/s1. The van der Waals surface area contributed by atoms with Crippen LogP contribution in [0.25, 0.3) is 6.08 Å². The average molecular weight is 581 g/mol. The monoisotopic (exact) mass is 580 g/mol. The number of carbonyl (C=O) groups excluding carboxylic acids is 3. The number of benzene rings is 2. The molecule has 214 valence electrons. The van der Waals surface area contributed by atoms with Crippen molar-refractivity contribution < 1.29 is 38.1 Å². The van der Waals surface area contributed by atoms with E-state index in [9.17, 15) is 19.2 Å². The maximum Gasteiger partial charge on any atom is 0.338 e. The summed E-state index contributed by atoms with van der Waals surface area (Å²) in [6.45, 7) is 6.06. The first-order valence-electron chi connectivity index (χ1n) is 12.5. The molecule has 0 bridgehead atoms. The van der Waals surface area contributed by atoms with Gasteiger partial charge in [-0.1, -0.05) is 23.5 Å². The van der Waals surface area contributed by atoms with Gasteiger partial charge in [-0.15, -0.1) is 0 Å². The topological polar surface area (TPSA) is 132 Å². The first-order valence-corrected chi connectivity index (χ1v) is 13.3. The summed E-state index contributed by atoms with van der Waals surface area (Å²) < 4.78 is 28.3. The van der Waals surface area contributed by atoms with Gasteiger partial charge in [0.15, 0.2) is 27.8 Å². The first-order chi connectivity index (χ1) is 19.6. The Labute approximate surface area is 238 Å². The van der Waals surface area contributed by atoms with E-state index in [4.69, 9.17) is 23.7 Å². The number of rotatable bonds is 8. The van der Waals surface area contributed by atoms with E-state index in [-0.39, 0.29) is 35.0 Å². The van der Waals surface area contributed by atoms with Gasteiger partial charge in [0.1, 0.15) is 0 Å². The number of methoxy groups -OCH3 is 2. The molecule has 0 aliphatic carbocycles. The molecule has 1 atom stereocenters. The zero-order valence-corrected chi connectivity index (χ0v) is 24.1. The molecule has 0 fully saturated rings. The van der Waals surface area contributed by atoms with Crippen LogP contribution in [0.3, 0.4) is 0 Å². The number of aromatic nitrogens is 1. The van der Waals surface area contributed by atoms with E-state index in [0.717, 1.165) is 11.3 Å². The molecule has 2 heterocycles. The molecular weight excluding hydrogens is 552 g/mol. The van der Waals surface area contributed by atoms with Crippen LogP contribution in [0.2, 0.25) is 0 Å². The van der Waals surface area contributed by atoms with Crippen LogP contribution in [-0.4, -0.2) is 43.3 Å². The fraction of sp³-hybridized carbons (Fsp3) is 0.276. The van der Waals surface area contributed by atoms with Crippen molar-refractivity contribution in [3.63, 3.8) is 0 Å². The third-order valence-electron chi connectivity index (χ3n) is 6.01. The van der Waals surface area contributed by atoms with Crippen LogP contribution in [-0.2, 0) is 19.1 Å². The summed E-state index contributed by atoms with van der Waals surface area (Å²) in [5.41, 5.74) is 1.35. The Hall–Kier alpha value is -4.71. The minimum atomic E-state index is -0.895. The Morgan fingerprint density at radius 2 is 1.56 bits per heavy atom. The van der Waals surface area contributed by atoms with E-state index in [1.807, 2.05) is 0 Å². The third-order valence-corrected chi connectivity index (χ3v) is 7.00. The lowest BCUT2D eigenvalue weighted by atomic mass is 9.95. The van der Waals surface area contributed by atoms with Crippen LogP contribution in [0.15, 0.2) is 57.5 Å². The Balaban J connectivity index is 1.91. The summed E-state index contributed by atoms with van der Waals surface area (Å²) in [6, 6.07) is 8.81. The number of allylic oxidation sites excluding steroid dienone is 1. The van der Waals surface area contributed by atoms with Gasteiger partial charge in [-0.2, -0.15) is 0 Å². The second kappa shape index (κ2) is 12.2. The fourth-order valence-corrected chi connectivity index (χ4v) is 5.41. The molecule has 0 saturated heterocycles. The van der Waals surface area contributed by atoms with Gasteiger partial charge in [-0.3, -0.25) is 19.0 Å². The number of thiazole rings is 1. The second-order valence-corrected chi connectivity index (χ2v) is 9.82. The summed E-state index contributed by atoms with van der Waals surface area (Å²) >= 11 is 1.15. The minimum absolute atomic E-state index is 0.132. The van der Waals surface area contributed by atoms with Gasteiger partial charge in [-0.25, -0.2) is 9.79 Å². The van der Waals surface area contributed by atoms with Gasteiger partial charge in [0.25, 0.3) is 5.56 Å². The summed E-state index contributed by atoms with van der Waals surface area (Å²) in [6.07, 6.45) is 1.66. The molecular formula is C29H28N2O9S. The van der Waals surface area contributed by atoms with Crippen LogP contribution < -0.4 is 33.8 Å². The van der Waals surface area contributed by atoms with Crippen molar-refractivity contribution in [2.75, 3.05) is 20.8 Å². The maximum absolute atomic E-state index is 13.9. The molecule has 41 heavy (non-hydrogen) atoms. The van der Waals surface area contributed by atoms with Crippen molar-refractivity contribution in [2.24, 2.45) is 4.99 Å². The molecule has 0 amide bonds. The van der Waals surface area contributed by atoms with Gasteiger partial charge in [0.05, 0.1) is 42.7 Å². The predicted octanol–water partition coefficient (Wildman–Crippen LogP) is 2.67. The largest absolute Gasteiger partial charge is 0.493 e. The SMILES string of the molecule is CCOC(=O)C1=C(C)N=c2s/c(=C\c3ccc(OC(C)=O)c(OC)c3)c(=O)n2[C@H]1c1ccc(OC(C)=O)c(OC)c1. The lowest BCUT2D eigenvalue weighted by Gasteiger charge is -2.25. The number of ether oxygens (including phenoxy) is 5. The molecule has 0 saturated carbocycles. The maximum atomic E-state index is 13.9. The van der Waals surface area contributed by atoms with Gasteiger partial charge >= 0.3 is 17.9 Å². The lowest BCUT2D eigenvalue weighted by molar-refractivity contribution is -0.139. The quantitative estimate of drug-likeness (QED) is 0.291. The summed E-state index contributed by atoms with van der Waals surface area (Å²) in [7, 11) is 2.87. The highest BCUT2D eigenvalue weighted by atomic mass is 32.1. The van der Waals surface area contributed by atoms with E-state index in [1.165, 1.54) is 32.6 Å². The van der Waals surface area contributed by atoms with E-state index < -0.39 is 23.9 Å². The van der Waals surface area contributed by atoms with Gasteiger partial charge in [0.2, 0.25) is 0 Å². The fourth-order valence-electron chi connectivity index (χ4n) is 4.36. The second-order valence-electron chi connectivity index (χ2n) is 8.81.